The summed E-state index contributed by atoms with van der Waals surface area (Å²) in [5.41, 5.74) is 1.25. The van der Waals surface area contributed by atoms with Crippen molar-refractivity contribution in [2.45, 2.75) is 38.6 Å². The Morgan fingerprint density at radius 2 is 2.07 bits per heavy atom. The SMILES string of the molecule is CCCNc1ncnc(SCC)c1CC. The van der Waals surface area contributed by atoms with Gasteiger partial charge in [-0.1, -0.05) is 20.8 Å². The second-order valence-corrected chi connectivity index (χ2v) is 4.47. The molecule has 0 bridgehead atoms. The van der Waals surface area contributed by atoms with Gasteiger partial charge < -0.3 is 5.32 Å². The van der Waals surface area contributed by atoms with E-state index >= 15 is 0 Å². The summed E-state index contributed by atoms with van der Waals surface area (Å²) in [5, 5.41) is 4.47. The van der Waals surface area contributed by atoms with E-state index in [9.17, 15) is 0 Å². The van der Waals surface area contributed by atoms with Crippen LogP contribution < -0.4 is 5.32 Å². The predicted molar refractivity (Wildman–Crippen MR) is 66.6 cm³/mol. The molecule has 0 aromatic carbocycles. The summed E-state index contributed by atoms with van der Waals surface area (Å²) in [6.45, 7) is 7.42. The van der Waals surface area contributed by atoms with E-state index < -0.39 is 0 Å². The van der Waals surface area contributed by atoms with E-state index in [0.29, 0.717) is 0 Å². The lowest BCUT2D eigenvalue weighted by molar-refractivity contribution is 0.911. The Balaban J connectivity index is 2.88. The zero-order valence-electron chi connectivity index (χ0n) is 9.71. The number of hydrogen-bond donors (Lipinski definition) is 1. The smallest absolute Gasteiger partial charge is 0.133 e. The van der Waals surface area contributed by atoms with Gasteiger partial charge in [0.15, 0.2) is 0 Å². The van der Waals surface area contributed by atoms with E-state index in [0.717, 1.165) is 36.0 Å². The normalized spacial score (nSPS) is 10.3. The highest BCUT2D eigenvalue weighted by Crippen LogP contribution is 2.24. The molecule has 0 aliphatic heterocycles. The van der Waals surface area contributed by atoms with E-state index in [2.05, 4.69) is 36.1 Å². The highest BCUT2D eigenvalue weighted by molar-refractivity contribution is 7.99. The van der Waals surface area contributed by atoms with Crippen LogP contribution in [-0.2, 0) is 6.42 Å². The van der Waals surface area contributed by atoms with Gasteiger partial charge in [-0.05, 0) is 18.6 Å². The number of anilines is 1. The van der Waals surface area contributed by atoms with Crippen LogP contribution in [0.25, 0.3) is 0 Å². The third kappa shape index (κ3) is 3.38. The van der Waals surface area contributed by atoms with Gasteiger partial charge in [0, 0.05) is 12.1 Å². The van der Waals surface area contributed by atoms with Gasteiger partial charge in [-0.25, -0.2) is 9.97 Å². The van der Waals surface area contributed by atoms with Gasteiger partial charge in [0.05, 0.1) is 0 Å². The minimum atomic E-state index is 0.972. The topological polar surface area (TPSA) is 37.8 Å². The first-order valence-electron chi connectivity index (χ1n) is 5.53. The third-order valence-electron chi connectivity index (χ3n) is 2.08. The maximum Gasteiger partial charge on any atom is 0.133 e. The molecule has 1 N–H and O–H groups in total. The summed E-state index contributed by atoms with van der Waals surface area (Å²) in [6, 6.07) is 0. The number of nitrogens with one attached hydrogen (secondary N) is 1. The molecule has 1 heterocycles. The van der Waals surface area contributed by atoms with Crippen molar-refractivity contribution < 1.29 is 0 Å². The first kappa shape index (κ1) is 12.3. The van der Waals surface area contributed by atoms with Crippen LogP contribution >= 0.6 is 11.8 Å². The molecule has 4 heteroatoms. The zero-order valence-corrected chi connectivity index (χ0v) is 10.5. The number of rotatable bonds is 6. The Bertz CT molecular complexity index is 302. The maximum absolute atomic E-state index is 4.32. The second kappa shape index (κ2) is 6.67. The molecule has 0 fully saturated rings. The molecule has 3 nitrogen and oxygen atoms in total. The molecular formula is C11H19N3S. The van der Waals surface area contributed by atoms with Crippen LogP contribution in [-0.4, -0.2) is 22.3 Å². The van der Waals surface area contributed by atoms with Crippen molar-refractivity contribution in [1.82, 2.24) is 9.97 Å². The molecule has 0 aliphatic carbocycles. The second-order valence-electron chi connectivity index (χ2n) is 3.22. The standard InChI is InChI=1S/C11H19N3S/c1-4-7-12-10-9(5-2)11(15-6-3)14-8-13-10/h8H,4-7H2,1-3H3,(H,12,13,14). The van der Waals surface area contributed by atoms with E-state index in [4.69, 9.17) is 0 Å². The fourth-order valence-corrected chi connectivity index (χ4v) is 2.18. The molecule has 84 valence electrons. The Morgan fingerprint density at radius 1 is 1.27 bits per heavy atom. The number of nitrogens with zero attached hydrogens (tertiary/aromatic N) is 2. The minimum absolute atomic E-state index is 0.972. The molecule has 0 spiro atoms. The Hall–Kier alpha value is -0.770. The molecule has 0 saturated carbocycles. The van der Waals surface area contributed by atoms with Gasteiger partial charge in [0.1, 0.15) is 17.2 Å². The van der Waals surface area contributed by atoms with Crippen molar-refractivity contribution in [3.05, 3.63) is 11.9 Å². The average molecular weight is 225 g/mol. The van der Waals surface area contributed by atoms with Gasteiger partial charge in [-0.3, -0.25) is 0 Å². The van der Waals surface area contributed by atoms with Crippen molar-refractivity contribution in [3.8, 4) is 0 Å². The van der Waals surface area contributed by atoms with Crippen LogP contribution in [0.5, 0.6) is 0 Å². The van der Waals surface area contributed by atoms with Crippen molar-refractivity contribution in [1.29, 1.82) is 0 Å². The summed E-state index contributed by atoms with van der Waals surface area (Å²) < 4.78 is 0. The van der Waals surface area contributed by atoms with Crippen LogP contribution in [0.1, 0.15) is 32.8 Å². The van der Waals surface area contributed by atoms with Crippen LogP contribution in [0.2, 0.25) is 0 Å². The Kier molecular flexibility index (Phi) is 5.47. The lowest BCUT2D eigenvalue weighted by Gasteiger charge is -2.11. The van der Waals surface area contributed by atoms with Crippen molar-refractivity contribution in [2.75, 3.05) is 17.6 Å². The Morgan fingerprint density at radius 3 is 2.67 bits per heavy atom. The third-order valence-corrected chi connectivity index (χ3v) is 3.00. The van der Waals surface area contributed by atoms with Gasteiger partial charge in [0.25, 0.3) is 0 Å². The van der Waals surface area contributed by atoms with E-state index in [1.165, 1.54) is 5.56 Å². The van der Waals surface area contributed by atoms with Crippen LogP contribution in [0.15, 0.2) is 11.4 Å². The van der Waals surface area contributed by atoms with Gasteiger partial charge >= 0.3 is 0 Å². The fraction of sp³-hybridized carbons (Fsp3) is 0.636. The monoisotopic (exact) mass is 225 g/mol. The van der Waals surface area contributed by atoms with E-state index in [1.54, 1.807) is 18.1 Å². The number of hydrogen-bond acceptors (Lipinski definition) is 4. The highest BCUT2D eigenvalue weighted by atomic mass is 32.2. The van der Waals surface area contributed by atoms with Crippen LogP contribution in [0.4, 0.5) is 5.82 Å². The molecule has 0 saturated heterocycles. The summed E-state index contributed by atoms with van der Waals surface area (Å²) in [4.78, 5) is 8.61. The van der Waals surface area contributed by atoms with Gasteiger partial charge in [0.2, 0.25) is 0 Å². The first-order chi connectivity index (χ1) is 7.33. The summed E-state index contributed by atoms with van der Waals surface area (Å²) in [5.74, 6) is 2.06. The van der Waals surface area contributed by atoms with Crippen molar-refractivity contribution in [3.63, 3.8) is 0 Å². The molecule has 0 aliphatic rings. The molecule has 0 unspecified atom stereocenters. The molecule has 1 aromatic heterocycles. The zero-order chi connectivity index (χ0) is 11.1. The fourth-order valence-electron chi connectivity index (χ4n) is 1.37. The first-order valence-corrected chi connectivity index (χ1v) is 6.52. The van der Waals surface area contributed by atoms with Crippen molar-refractivity contribution >= 4 is 17.6 Å². The number of thioether (sulfide) groups is 1. The summed E-state index contributed by atoms with van der Waals surface area (Å²) in [7, 11) is 0. The highest BCUT2D eigenvalue weighted by Gasteiger charge is 2.08. The molecule has 0 atom stereocenters. The minimum Gasteiger partial charge on any atom is -0.370 e. The quantitative estimate of drug-likeness (QED) is 0.596. The lowest BCUT2D eigenvalue weighted by Crippen LogP contribution is -2.07. The summed E-state index contributed by atoms with van der Waals surface area (Å²) >= 11 is 1.78. The van der Waals surface area contributed by atoms with Crippen LogP contribution in [0.3, 0.4) is 0 Å². The molecular weight excluding hydrogens is 206 g/mol. The van der Waals surface area contributed by atoms with E-state index in [1.807, 2.05) is 0 Å². The lowest BCUT2D eigenvalue weighted by atomic mass is 10.2. The molecule has 0 radical (unpaired) electrons. The van der Waals surface area contributed by atoms with Gasteiger partial charge in [-0.15, -0.1) is 11.8 Å². The average Bonchev–Trinajstić information content (AvgIpc) is 2.27. The van der Waals surface area contributed by atoms with Crippen molar-refractivity contribution in [2.24, 2.45) is 0 Å². The largest absolute Gasteiger partial charge is 0.370 e. The maximum atomic E-state index is 4.32. The van der Waals surface area contributed by atoms with Crippen LogP contribution in [0, 0.1) is 0 Å². The molecule has 0 amide bonds. The number of aromatic nitrogens is 2. The van der Waals surface area contributed by atoms with E-state index in [-0.39, 0.29) is 0 Å². The van der Waals surface area contributed by atoms with Gasteiger partial charge in [-0.2, -0.15) is 0 Å². The summed E-state index contributed by atoms with van der Waals surface area (Å²) in [6.07, 6.45) is 3.74. The Labute approximate surface area is 96.1 Å². The molecule has 1 rings (SSSR count). The molecule has 1 aromatic rings. The molecule has 15 heavy (non-hydrogen) atoms. The predicted octanol–water partition coefficient (Wildman–Crippen LogP) is 2.97.